The number of thiol groups is 1. The first-order valence-corrected chi connectivity index (χ1v) is 24.7. The smallest absolute Gasteiger partial charge is 0.290 e. The van der Waals surface area contributed by atoms with Gasteiger partial charge in [-0.2, -0.15) is 12.6 Å². The van der Waals surface area contributed by atoms with Crippen molar-refractivity contribution in [2.45, 2.75) is 241 Å². The number of nitrogens with one attached hydrogen (secondary N) is 1. The summed E-state index contributed by atoms with van der Waals surface area (Å²) >= 11 is 4.16. The number of carboxylic acid groups (broad SMARTS) is 1. The van der Waals surface area contributed by atoms with Crippen molar-refractivity contribution < 1.29 is 14.7 Å². The van der Waals surface area contributed by atoms with Gasteiger partial charge in [-0.3, -0.25) is 16.1 Å². The number of carbonyl (C=O) groups excluding carboxylic acids is 1. The van der Waals surface area contributed by atoms with Crippen molar-refractivity contribution in [3.63, 3.8) is 0 Å². The third-order valence-electron chi connectivity index (χ3n) is 8.91. The van der Waals surface area contributed by atoms with E-state index >= 15 is 0 Å². The van der Waals surface area contributed by atoms with E-state index in [0.29, 0.717) is 0 Å². The molecule has 4 N–H and O–H groups in total. The molecule has 0 saturated heterocycles. The fraction of sp³-hybridized carbons (Fsp3) is 0.769. The molecular weight excluding hydrogens is 733 g/mol. The lowest BCUT2D eigenvalue weighted by Crippen LogP contribution is -2.22. The van der Waals surface area contributed by atoms with Crippen molar-refractivity contribution in [1.29, 1.82) is 0 Å². The molecule has 0 amide bonds. The molecule has 0 aliphatic heterocycles. The summed E-state index contributed by atoms with van der Waals surface area (Å²) in [6.45, 7) is 25.2. The van der Waals surface area contributed by atoms with Gasteiger partial charge in [0.25, 0.3) is 6.47 Å². The van der Waals surface area contributed by atoms with Crippen molar-refractivity contribution in [1.82, 2.24) is 5.43 Å². The third kappa shape index (κ3) is 90.3. The Balaban J connectivity index is -0.000000145. The lowest BCUT2D eigenvalue weighted by Gasteiger charge is -2.11. The second-order valence-corrected chi connectivity index (χ2v) is 15.6. The Hall–Kier alpha value is -1.89. The molecule has 346 valence electrons. The molecule has 0 aromatic rings. The van der Waals surface area contributed by atoms with Crippen LogP contribution in [0.4, 0.5) is 0 Å². The molecule has 0 spiro atoms. The standard InChI is InChI=1S/C16H28.C10H20S.C10H20.C8H16O.C4H10N2.C3H8.CH2O2/c1-3-4-5-6-7-8-11-15(2)14-16-12-9-10-13-16;1-2-3-4-5-6-7-8-9-10-11;1-3-5-7-9-10-8-6-4-2;1-2-3-4-5-6-7-8-9;1-2-3-4-6-5;1-3-2;2-1-3/h3,16H,1-2,4-14H2;4-5,11H,2-3,6-10H2,1H3;7,9H,3-6,8,10H2,1-2H3;8H,2-7H2,1H3;2,6H,1,3-5H2;3H2,1-2H3;1H,(H,2,3)/b;5-4-;9-7-;;;;. The van der Waals surface area contributed by atoms with Gasteiger partial charge in [-0.1, -0.05) is 193 Å². The molecule has 0 atom stereocenters. The molecule has 1 aliphatic rings. The molecule has 1 rings (SSSR count). The maximum atomic E-state index is 9.84. The lowest BCUT2D eigenvalue weighted by atomic mass is 9.95. The van der Waals surface area contributed by atoms with Crippen LogP contribution >= 0.6 is 12.6 Å². The average molecular weight is 837 g/mol. The van der Waals surface area contributed by atoms with E-state index in [1.807, 2.05) is 12.2 Å². The maximum Gasteiger partial charge on any atom is 0.290 e. The van der Waals surface area contributed by atoms with Crippen LogP contribution in [0.15, 0.2) is 61.8 Å². The van der Waals surface area contributed by atoms with Gasteiger partial charge in [-0.05, 0) is 102 Å². The molecule has 0 aromatic carbocycles. The Labute approximate surface area is 370 Å². The van der Waals surface area contributed by atoms with Crippen LogP contribution in [-0.4, -0.2) is 30.2 Å². The topological polar surface area (TPSA) is 92.4 Å². The number of hydrazine groups is 1. The van der Waals surface area contributed by atoms with Gasteiger partial charge in [0, 0.05) is 13.0 Å². The van der Waals surface area contributed by atoms with Crippen LogP contribution in [0.25, 0.3) is 0 Å². The predicted octanol–water partition coefficient (Wildman–Crippen LogP) is 17.1. The first-order valence-electron chi connectivity index (χ1n) is 24.1. The molecule has 0 heterocycles. The van der Waals surface area contributed by atoms with E-state index in [1.54, 1.807) is 0 Å². The fourth-order valence-electron chi connectivity index (χ4n) is 5.63. The zero-order chi connectivity index (χ0) is 44.9. The van der Waals surface area contributed by atoms with E-state index < -0.39 is 0 Å². The second kappa shape index (κ2) is 75.9. The predicted molar refractivity (Wildman–Crippen MR) is 269 cm³/mol. The SMILES string of the molecule is C=CCCCCCCC(=C)CC1CCCC1.C=CCCNN.CCC.CCC/C=C\CCCCC.CCC/C=C\CCCCCS.CCCCCCCC=O.O=CO. The average Bonchev–Trinajstić information content (AvgIpc) is 3.74. The van der Waals surface area contributed by atoms with Crippen LogP contribution in [0.3, 0.4) is 0 Å². The van der Waals surface area contributed by atoms with Crippen LogP contribution in [0.1, 0.15) is 241 Å². The van der Waals surface area contributed by atoms with Crippen molar-refractivity contribution in [3.05, 3.63) is 61.8 Å². The van der Waals surface area contributed by atoms with Crippen LogP contribution in [0.2, 0.25) is 0 Å². The largest absolute Gasteiger partial charge is 0.483 e. The summed E-state index contributed by atoms with van der Waals surface area (Å²) in [5.41, 5.74) is 4.01. The molecular formula is C52H104N2O3S. The Morgan fingerprint density at radius 1 is 0.621 bits per heavy atom. The van der Waals surface area contributed by atoms with Gasteiger partial charge < -0.3 is 9.90 Å². The highest BCUT2D eigenvalue weighted by Gasteiger charge is 2.15. The molecule has 5 nitrogen and oxygen atoms in total. The quantitative estimate of drug-likeness (QED) is 0.0139. The summed E-state index contributed by atoms with van der Waals surface area (Å²) in [6, 6.07) is 0. The summed E-state index contributed by atoms with van der Waals surface area (Å²) in [6.07, 6.45) is 53.8. The minimum atomic E-state index is -0.250. The Bertz CT molecular complexity index is 793. The minimum Gasteiger partial charge on any atom is -0.483 e. The summed E-state index contributed by atoms with van der Waals surface area (Å²) < 4.78 is 0. The number of rotatable bonds is 31. The van der Waals surface area contributed by atoms with Crippen molar-refractivity contribution in [3.8, 4) is 0 Å². The van der Waals surface area contributed by atoms with E-state index in [9.17, 15) is 4.79 Å². The maximum absolute atomic E-state index is 9.84. The summed E-state index contributed by atoms with van der Waals surface area (Å²) in [4.78, 5) is 18.2. The molecule has 1 fully saturated rings. The van der Waals surface area contributed by atoms with Gasteiger partial charge in [-0.25, -0.2) is 0 Å². The van der Waals surface area contributed by atoms with Gasteiger partial charge in [0.05, 0.1) is 0 Å². The van der Waals surface area contributed by atoms with Crippen LogP contribution in [-0.2, 0) is 9.59 Å². The fourth-order valence-corrected chi connectivity index (χ4v) is 5.85. The number of allylic oxidation sites excluding steroid dienone is 6. The third-order valence-corrected chi connectivity index (χ3v) is 9.22. The Morgan fingerprint density at radius 3 is 1.47 bits per heavy atom. The summed E-state index contributed by atoms with van der Waals surface area (Å²) in [7, 11) is 0. The van der Waals surface area contributed by atoms with E-state index in [-0.39, 0.29) is 6.47 Å². The number of carbonyl (C=O) groups is 2. The first-order chi connectivity index (χ1) is 28.3. The second-order valence-electron chi connectivity index (χ2n) is 15.1. The lowest BCUT2D eigenvalue weighted by molar-refractivity contribution is -0.122. The van der Waals surface area contributed by atoms with Gasteiger partial charge in [0.15, 0.2) is 0 Å². The molecule has 0 bridgehead atoms. The number of aldehydes is 1. The minimum absolute atomic E-state index is 0.250. The Morgan fingerprint density at radius 2 is 1.03 bits per heavy atom. The summed E-state index contributed by atoms with van der Waals surface area (Å²) in [5, 5.41) is 6.89. The zero-order valence-electron chi connectivity index (χ0n) is 39.9. The highest BCUT2D eigenvalue weighted by Crippen LogP contribution is 2.31. The summed E-state index contributed by atoms with van der Waals surface area (Å²) in [5.74, 6) is 6.94. The molecule has 0 radical (unpaired) electrons. The molecule has 6 heteroatoms. The van der Waals surface area contributed by atoms with Gasteiger partial charge in [0.1, 0.15) is 6.29 Å². The molecule has 1 aliphatic carbocycles. The van der Waals surface area contributed by atoms with Crippen LogP contribution in [0, 0.1) is 5.92 Å². The highest BCUT2D eigenvalue weighted by molar-refractivity contribution is 7.80. The van der Waals surface area contributed by atoms with Crippen LogP contribution < -0.4 is 11.3 Å². The molecule has 58 heavy (non-hydrogen) atoms. The zero-order valence-corrected chi connectivity index (χ0v) is 40.8. The highest BCUT2D eigenvalue weighted by atomic mass is 32.1. The first kappa shape index (κ1) is 67.9. The van der Waals surface area contributed by atoms with Crippen molar-refractivity contribution >= 4 is 25.4 Å². The van der Waals surface area contributed by atoms with E-state index in [2.05, 4.69) is 104 Å². The number of nitrogens with two attached hydrogens (primary N) is 1. The van der Waals surface area contributed by atoms with E-state index in [4.69, 9.17) is 15.7 Å². The van der Waals surface area contributed by atoms with Gasteiger partial charge in [-0.15, -0.1) is 13.2 Å². The van der Waals surface area contributed by atoms with Gasteiger partial charge in [0.2, 0.25) is 0 Å². The molecule has 1 saturated carbocycles. The van der Waals surface area contributed by atoms with Crippen molar-refractivity contribution in [2.75, 3.05) is 12.3 Å². The number of hydrogen-bond donors (Lipinski definition) is 4. The molecule has 0 aromatic heterocycles. The van der Waals surface area contributed by atoms with E-state index in [0.717, 1.165) is 43.8 Å². The molecule has 0 unspecified atom stereocenters. The Kier molecular flexibility index (Phi) is 88.8. The van der Waals surface area contributed by atoms with E-state index in [1.165, 1.54) is 185 Å². The number of hydrogen-bond acceptors (Lipinski definition) is 5. The van der Waals surface area contributed by atoms with Crippen LogP contribution in [0.5, 0.6) is 0 Å². The number of unbranched alkanes of at least 4 members (excludes halogenated alkanes) is 17. The monoisotopic (exact) mass is 837 g/mol. The normalized spacial score (nSPS) is 11.4. The van der Waals surface area contributed by atoms with Gasteiger partial charge >= 0.3 is 0 Å². The van der Waals surface area contributed by atoms with Crippen molar-refractivity contribution in [2.24, 2.45) is 11.8 Å².